The predicted octanol–water partition coefficient (Wildman–Crippen LogP) is 2.08. The minimum atomic E-state index is -4.59. The van der Waals surface area contributed by atoms with Crippen LogP contribution in [0.2, 0.25) is 0 Å². The van der Waals surface area contributed by atoms with Crippen LogP contribution in [0, 0.1) is 0 Å². The maximum atomic E-state index is 12.7. The zero-order valence-corrected chi connectivity index (χ0v) is 10.3. The van der Waals surface area contributed by atoms with Crippen molar-refractivity contribution < 1.29 is 18.0 Å². The predicted molar refractivity (Wildman–Crippen MR) is 63.1 cm³/mol. The highest BCUT2D eigenvalue weighted by atomic mass is 79.9. The summed E-state index contributed by atoms with van der Waals surface area (Å²) < 4.78 is 38.3. The van der Waals surface area contributed by atoms with Gasteiger partial charge in [0, 0.05) is 4.47 Å². The van der Waals surface area contributed by atoms with E-state index in [4.69, 9.17) is 11.5 Å². The van der Waals surface area contributed by atoms with Gasteiger partial charge in [0.05, 0.1) is 11.3 Å². The van der Waals surface area contributed by atoms with Gasteiger partial charge in [0.2, 0.25) is 5.96 Å². The second-order valence-corrected chi connectivity index (χ2v) is 4.06. The van der Waals surface area contributed by atoms with E-state index in [2.05, 4.69) is 20.9 Å². The van der Waals surface area contributed by atoms with Crippen LogP contribution >= 0.6 is 15.9 Å². The van der Waals surface area contributed by atoms with Gasteiger partial charge in [-0.15, -0.1) is 0 Å². The molecule has 9 heteroatoms. The fourth-order valence-electron chi connectivity index (χ4n) is 1.12. The van der Waals surface area contributed by atoms with Crippen LogP contribution in [0.25, 0.3) is 0 Å². The van der Waals surface area contributed by atoms with Crippen molar-refractivity contribution in [3.05, 3.63) is 28.2 Å². The van der Waals surface area contributed by atoms with Gasteiger partial charge < -0.3 is 11.5 Å². The Hall–Kier alpha value is -1.77. The number of primary amides is 1. The zero-order valence-electron chi connectivity index (χ0n) is 8.75. The zero-order chi connectivity index (χ0) is 13.9. The lowest BCUT2D eigenvalue weighted by Crippen LogP contribution is -2.40. The third kappa shape index (κ3) is 3.91. The first kappa shape index (κ1) is 14.3. The van der Waals surface area contributed by atoms with E-state index in [0.29, 0.717) is 0 Å². The molecule has 0 spiro atoms. The second-order valence-electron chi connectivity index (χ2n) is 3.15. The molecule has 0 unspecified atom stereocenters. The third-order valence-electron chi connectivity index (χ3n) is 1.76. The number of nitrogens with one attached hydrogen (secondary N) is 1. The van der Waals surface area contributed by atoms with Crippen molar-refractivity contribution >= 4 is 33.6 Å². The average molecular weight is 325 g/mol. The number of hydrogen-bond acceptors (Lipinski definition) is 2. The smallest absolute Gasteiger partial charge is 0.369 e. The highest BCUT2D eigenvalue weighted by Crippen LogP contribution is 2.37. The molecule has 0 fully saturated rings. The summed E-state index contributed by atoms with van der Waals surface area (Å²) in [5.41, 5.74) is 8.57. The van der Waals surface area contributed by atoms with Gasteiger partial charge in [-0.25, -0.2) is 9.79 Å². The van der Waals surface area contributed by atoms with Crippen molar-refractivity contribution in [2.75, 3.05) is 0 Å². The lowest BCUT2D eigenvalue weighted by molar-refractivity contribution is -0.137. The lowest BCUT2D eigenvalue weighted by atomic mass is 10.2. The van der Waals surface area contributed by atoms with Gasteiger partial charge in [-0.1, -0.05) is 15.9 Å². The van der Waals surface area contributed by atoms with E-state index in [9.17, 15) is 18.0 Å². The van der Waals surface area contributed by atoms with Gasteiger partial charge >= 0.3 is 12.2 Å². The molecule has 1 aromatic rings. The number of carbonyl (C=O) groups is 1. The molecule has 0 saturated carbocycles. The molecule has 1 rings (SSSR count). The molecule has 0 aliphatic heterocycles. The summed E-state index contributed by atoms with van der Waals surface area (Å²) in [6.07, 6.45) is -4.59. The molecule has 1 aromatic carbocycles. The standard InChI is InChI=1S/C9H8BrF3N4O/c10-4-1-2-6(5(3-4)9(11,12)13)16-7(14)17-8(15)18/h1-3H,(H5,14,15,16,17,18). The molecule has 2 amide bonds. The van der Waals surface area contributed by atoms with Crippen molar-refractivity contribution in [2.45, 2.75) is 6.18 Å². The van der Waals surface area contributed by atoms with Crippen LogP contribution in [0.4, 0.5) is 23.7 Å². The summed E-state index contributed by atoms with van der Waals surface area (Å²) in [5.74, 6) is -0.518. The number of benzene rings is 1. The van der Waals surface area contributed by atoms with Gasteiger partial charge in [0.15, 0.2) is 0 Å². The fraction of sp³-hybridized carbons (Fsp3) is 0.111. The Bertz CT molecular complexity index is 501. The van der Waals surface area contributed by atoms with Crippen LogP contribution in [0.3, 0.4) is 0 Å². The number of nitrogens with zero attached hydrogens (tertiary/aromatic N) is 1. The Morgan fingerprint density at radius 2 is 1.94 bits per heavy atom. The Labute approximate surface area is 108 Å². The number of hydrogen-bond donors (Lipinski definition) is 3. The summed E-state index contributed by atoms with van der Waals surface area (Å²) in [6.45, 7) is 0. The largest absolute Gasteiger partial charge is 0.418 e. The van der Waals surface area contributed by atoms with Gasteiger partial charge in [-0.3, -0.25) is 5.32 Å². The van der Waals surface area contributed by atoms with E-state index in [1.165, 1.54) is 6.07 Å². The Kier molecular flexibility index (Phi) is 4.17. The van der Waals surface area contributed by atoms with Crippen molar-refractivity contribution in [2.24, 2.45) is 16.5 Å². The van der Waals surface area contributed by atoms with E-state index < -0.39 is 29.4 Å². The summed E-state index contributed by atoms with van der Waals surface area (Å²) in [7, 11) is 0. The van der Waals surface area contributed by atoms with Crippen LogP contribution < -0.4 is 16.8 Å². The quantitative estimate of drug-likeness (QED) is 0.545. The van der Waals surface area contributed by atoms with Crippen LogP contribution in [-0.2, 0) is 6.18 Å². The van der Waals surface area contributed by atoms with Crippen LogP contribution in [0.1, 0.15) is 5.56 Å². The van der Waals surface area contributed by atoms with Crippen LogP contribution in [0.5, 0.6) is 0 Å². The molecule has 0 atom stereocenters. The number of rotatable bonds is 1. The summed E-state index contributed by atoms with van der Waals surface area (Å²) in [5, 5.41) is 1.87. The number of amides is 2. The summed E-state index contributed by atoms with van der Waals surface area (Å²) in [6, 6.07) is 2.33. The second kappa shape index (κ2) is 5.25. The van der Waals surface area contributed by atoms with Crippen molar-refractivity contribution in [3.8, 4) is 0 Å². The number of aliphatic imine (C=N–C) groups is 1. The first-order valence-corrected chi connectivity index (χ1v) is 5.27. The highest BCUT2D eigenvalue weighted by Gasteiger charge is 2.33. The normalized spacial score (nSPS) is 12.3. The van der Waals surface area contributed by atoms with Gasteiger partial charge in [-0.2, -0.15) is 13.2 Å². The number of nitrogens with two attached hydrogens (primary N) is 2. The Balaban J connectivity index is 3.21. The van der Waals surface area contributed by atoms with E-state index in [-0.39, 0.29) is 4.47 Å². The Morgan fingerprint density at radius 3 is 2.44 bits per heavy atom. The highest BCUT2D eigenvalue weighted by molar-refractivity contribution is 9.10. The van der Waals surface area contributed by atoms with E-state index in [1.807, 2.05) is 5.32 Å². The molecule has 5 N–H and O–H groups in total. The molecule has 0 aliphatic carbocycles. The number of halogens is 4. The maximum Gasteiger partial charge on any atom is 0.418 e. The van der Waals surface area contributed by atoms with E-state index in [0.717, 1.165) is 12.1 Å². The average Bonchev–Trinajstić information content (AvgIpc) is 2.17. The summed E-state index contributed by atoms with van der Waals surface area (Å²) in [4.78, 5) is 13.9. The molecule has 0 saturated heterocycles. The molecule has 18 heavy (non-hydrogen) atoms. The van der Waals surface area contributed by atoms with Crippen molar-refractivity contribution in [3.63, 3.8) is 0 Å². The third-order valence-corrected chi connectivity index (χ3v) is 2.25. The first-order valence-electron chi connectivity index (χ1n) is 4.47. The maximum absolute atomic E-state index is 12.7. The Morgan fingerprint density at radius 1 is 1.33 bits per heavy atom. The van der Waals surface area contributed by atoms with Crippen molar-refractivity contribution in [1.82, 2.24) is 5.32 Å². The molecule has 0 aromatic heterocycles. The fourth-order valence-corrected chi connectivity index (χ4v) is 1.48. The molecule has 0 aliphatic rings. The molecule has 5 nitrogen and oxygen atoms in total. The molecular formula is C9H8BrF3N4O. The summed E-state index contributed by atoms with van der Waals surface area (Å²) >= 11 is 2.93. The topological polar surface area (TPSA) is 93.5 Å². The van der Waals surface area contributed by atoms with Gasteiger partial charge in [0.25, 0.3) is 0 Å². The van der Waals surface area contributed by atoms with Crippen LogP contribution in [-0.4, -0.2) is 12.0 Å². The molecule has 0 heterocycles. The minimum Gasteiger partial charge on any atom is -0.369 e. The number of alkyl halides is 3. The van der Waals surface area contributed by atoms with E-state index in [1.54, 1.807) is 0 Å². The molecular weight excluding hydrogens is 317 g/mol. The molecule has 0 bridgehead atoms. The monoisotopic (exact) mass is 324 g/mol. The minimum absolute atomic E-state index is 0.246. The van der Waals surface area contributed by atoms with Crippen LogP contribution in [0.15, 0.2) is 27.7 Å². The van der Waals surface area contributed by atoms with E-state index >= 15 is 0 Å². The first-order chi connectivity index (χ1) is 8.20. The van der Waals surface area contributed by atoms with Crippen molar-refractivity contribution in [1.29, 1.82) is 0 Å². The number of guanidine groups is 1. The number of carbonyl (C=O) groups excluding carboxylic acids is 1. The lowest BCUT2D eigenvalue weighted by Gasteiger charge is -2.10. The van der Waals surface area contributed by atoms with Gasteiger partial charge in [0.1, 0.15) is 0 Å². The SMILES string of the molecule is NC(=O)NC(N)=Nc1ccc(Br)cc1C(F)(F)F. The molecule has 98 valence electrons. The molecule has 0 radical (unpaired) electrons. The number of urea groups is 1. The van der Waals surface area contributed by atoms with Gasteiger partial charge in [-0.05, 0) is 18.2 Å².